The zero-order valence-electron chi connectivity index (χ0n) is 19.6. The highest BCUT2D eigenvalue weighted by atomic mass is 32.1. The van der Waals surface area contributed by atoms with Gasteiger partial charge in [-0.3, -0.25) is 10.1 Å². The van der Waals surface area contributed by atoms with Gasteiger partial charge in [0.15, 0.2) is 0 Å². The molecule has 2 aromatic carbocycles. The summed E-state index contributed by atoms with van der Waals surface area (Å²) in [5.41, 5.74) is 1.43. The van der Waals surface area contributed by atoms with E-state index in [1.54, 1.807) is 31.4 Å². The van der Waals surface area contributed by atoms with Crippen molar-refractivity contribution in [3.63, 3.8) is 0 Å². The van der Waals surface area contributed by atoms with Gasteiger partial charge in [0.05, 0.1) is 13.7 Å². The first-order chi connectivity index (χ1) is 16.4. The molecule has 3 rings (SSSR count). The largest absolute Gasteiger partial charge is 0.497 e. The van der Waals surface area contributed by atoms with Crippen LogP contribution in [0.25, 0.3) is 10.6 Å². The van der Waals surface area contributed by atoms with Crippen LogP contribution in [-0.2, 0) is 4.79 Å². The highest BCUT2D eigenvalue weighted by molar-refractivity contribution is 7.18. The van der Waals surface area contributed by atoms with E-state index in [1.807, 2.05) is 45.0 Å². The first-order valence-corrected chi connectivity index (χ1v) is 11.8. The van der Waals surface area contributed by atoms with Crippen molar-refractivity contribution < 1.29 is 19.1 Å². The van der Waals surface area contributed by atoms with E-state index in [-0.39, 0.29) is 11.8 Å². The second-order valence-electron chi connectivity index (χ2n) is 7.55. The van der Waals surface area contributed by atoms with E-state index in [0.717, 1.165) is 11.3 Å². The Morgan fingerprint density at radius 1 is 1.03 bits per heavy atom. The number of nitrogens with zero attached hydrogens (tertiary/aromatic N) is 2. The molecule has 0 aliphatic carbocycles. The topological polar surface area (TPSA) is 114 Å². The Bertz CT molecular complexity index is 1100. The van der Waals surface area contributed by atoms with Gasteiger partial charge >= 0.3 is 6.03 Å². The SMILES string of the molecule is CCOc1ccc(NC(=O)NC(C(=O)Nc2nnc(-c3cccc(OC)c3)s2)C(C)CC)cc1. The fourth-order valence-electron chi connectivity index (χ4n) is 3.14. The number of hydrogen-bond donors (Lipinski definition) is 3. The Morgan fingerprint density at radius 2 is 1.79 bits per heavy atom. The molecule has 0 aliphatic rings. The van der Waals surface area contributed by atoms with Gasteiger partial charge in [-0.1, -0.05) is 43.7 Å². The monoisotopic (exact) mass is 483 g/mol. The maximum absolute atomic E-state index is 13.0. The summed E-state index contributed by atoms with van der Waals surface area (Å²) in [4.78, 5) is 25.6. The van der Waals surface area contributed by atoms with Gasteiger partial charge < -0.3 is 20.1 Å². The molecule has 2 unspecified atom stereocenters. The van der Waals surface area contributed by atoms with Gasteiger partial charge in [0, 0.05) is 11.3 Å². The van der Waals surface area contributed by atoms with E-state index >= 15 is 0 Å². The normalized spacial score (nSPS) is 12.4. The lowest BCUT2D eigenvalue weighted by Crippen LogP contribution is -2.49. The maximum atomic E-state index is 13.0. The highest BCUT2D eigenvalue weighted by Gasteiger charge is 2.27. The number of rotatable bonds is 10. The number of benzene rings is 2. The molecule has 9 nitrogen and oxygen atoms in total. The summed E-state index contributed by atoms with van der Waals surface area (Å²) in [7, 11) is 1.60. The van der Waals surface area contributed by atoms with Gasteiger partial charge in [0.2, 0.25) is 11.0 Å². The first-order valence-electron chi connectivity index (χ1n) is 11.0. The van der Waals surface area contributed by atoms with E-state index in [1.165, 1.54) is 11.3 Å². The molecule has 0 saturated carbocycles. The van der Waals surface area contributed by atoms with Gasteiger partial charge in [-0.25, -0.2) is 4.79 Å². The number of hydrogen-bond acceptors (Lipinski definition) is 7. The second kappa shape index (κ2) is 12.0. The van der Waals surface area contributed by atoms with Crippen LogP contribution in [0.3, 0.4) is 0 Å². The van der Waals surface area contributed by atoms with Crippen LogP contribution in [-0.4, -0.2) is 41.9 Å². The van der Waals surface area contributed by atoms with Crippen LogP contribution >= 0.6 is 11.3 Å². The van der Waals surface area contributed by atoms with Crippen LogP contribution in [0.5, 0.6) is 11.5 Å². The number of methoxy groups -OCH3 is 1. The van der Waals surface area contributed by atoms with Crippen molar-refractivity contribution >= 4 is 34.1 Å². The van der Waals surface area contributed by atoms with Crippen molar-refractivity contribution in [1.82, 2.24) is 15.5 Å². The molecule has 0 spiro atoms. The third kappa shape index (κ3) is 6.67. The average molecular weight is 484 g/mol. The lowest BCUT2D eigenvalue weighted by molar-refractivity contribution is -0.119. The molecule has 3 N–H and O–H groups in total. The van der Waals surface area contributed by atoms with Gasteiger partial charge in [-0.05, 0) is 49.2 Å². The molecule has 0 aliphatic heterocycles. The van der Waals surface area contributed by atoms with Crippen LogP contribution in [0.15, 0.2) is 48.5 Å². The van der Waals surface area contributed by atoms with Gasteiger partial charge in [0.1, 0.15) is 22.5 Å². The summed E-state index contributed by atoms with van der Waals surface area (Å²) in [6.07, 6.45) is 0.701. The van der Waals surface area contributed by atoms with Crippen molar-refractivity contribution in [2.75, 3.05) is 24.4 Å². The molecule has 0 bridgehead atoms. The molecule has 10 heteroatoms. The molecule has 1 heterocycles. The molecule has 34 heavy (non-hydrogen) atoms. The molecule has 0 radical (unpaired) electrons. The minimum Gasteiger partial charge on any atom is -0.497 e. The Balaban J connectivity index is 1.65. The maximum Gasteiger partial charge on any atom is 0.319 e. The lowest BCUT2D eigenvalue weighted by atomic mass is 9.98. The number of nitrogens with one attached hydrogen (secondary N) is 3. The van der Waals surface area contributed by atoms with Crippen LogP contribution in [0, 0.1) is 5.92 Å². The smallest absolute Gasteiger partial charge is 0.319 e. The number of ether oxygens (including phenoxy) is 2. The molecule has 3 aromatic rings. The lowest BCUT2D eigenvalue weighted by Gasteiger charge is -2.23. The summed E-state index contributed by atoms with van der Waals surface area (Å²) in [5, 5.41) is 17.6. The van der Waals surface area contributed by atoms with E-state index in [0.29, 0.717) is 34.6 Å². The predicted octanol–water partition coefficient (Wildman–Crippen LogP) is 4.79. The minimum atomic E-state index is -0.753. The Morgan fingerprint density at radius 3 is 2.47 bits per heavy atom. The fraction of sp³-hybridized carbons (Fsp3) is 0.333. The van der Waals surface area contributed by atoms with Gasteiger partial charge in [0.25, 0.3) is 0 Å². The Labute approximate surface area is 202 Å². The molecule has 3 amide bonds. The van der Waals surface area contributed by atoms with Gasteiger partial charge in [-0.15, -0.1) is 10.2 Å². The number of carbonyl (C=O) groups excluding carboxylic acids is 2. The first kappa shape index (κ1) is 25.0. The minimum absolute atomic E-state index is 0.100. The summed E-state index contributed by atoms with van der Waals surface area (Å²) < 4.78 is 10.7. The van der Waals surface area contributed by atoms with Crippen LogP contribution in [0.1, 0.15) is 27.2 Å². The Kier molecular flexibility index (Phi) is 8.80. The van der Waals surface area contributed by atoms with E-state index in [2.05, 4.69) is 26.1 Å². The number of amides is 3. The molecular weight excluding hydrogens is 454 g/mol. The molecule has 0 fully saturated rings. The number of urea groups is 1. The predicted molar refractivity (Wildman–Crippen MR) is 134 cm³/mol. The third-order valence-corrected chi connectivity index (χ3v) is 6.06. The third-order valence-electron chi connectivity index (χ3n) is 5.18. The van der Waals surface area contributed by atoms with Crippen molar-refractivity contribution in [1.29, 1.82) is 0 Å². The molecule has 1 aromatic heterocycles. The zero-order valence-corrected chi connectivity index (χ0v) is 20.4. The molecule has 180 valence electrons. The van der Waals surface area contributed by atoms with E-state index < -0.39 is 12.1 Å². The number of anilines is 2. The summed E-state index contributed by atoms with van der Waals surface area (Å²) >= 11 is 1.25. The van der Waals surface area contributed by atoms with Crippen molar-refractivity contribution in [2.24, 2.45) is 5.92 Å². The molecular formula is C24H29N5O4S. The standard InChI is InChI=1S/C24H29N5O4S/c1-5-15(3)20(26-23(31)25-17-10-12-18(13-11-17)33-6-2)21(30)27-24-29-28-22(34-24)16-8-7-9-19(14-16)32-4/h7-15,20H,5-6H2,1-4H3,(H2,25,26,31)(H,27,29,30). The van der Waals surface area contributed by atoms with Crippen molar-refractivity contribution in [3.8, 4) is 22.1 Å². The van der Waals surface area contributed by atoms with Gasteiger partial charge in [-0.2, -0.15) is 0 Å². The summed E-state index contributed by atoms with van der Waals surface area (Å²) in [6, 6.07) is 13.2. The van der Waals surface area contributed by atoms with Crippen LogP contribution < -0.4 is 25.4 Å². The van der Waals surface area contributed by atoms with Crippen LogP contribution in [0.4, 0.5) is 15.6 Å². The highest BCUT2D eigenvalue weighted by Crippen LogP contribution is 2.29. The van der Waals surface area contributed by atoms with Crippen molar-refractivity contribution in [3.05, 3.63) is 48.5 Å². The summed E-state index contributed by atoms with van der Waals surface area (Å²) in [6.45, 7) is 6.34. The second-order valence-corrected chi connectivity index (χ2v) is 8.53. The number of aromatic nitrogens is 2. The van der Waals surface area contributed by atoms with Crippen molar-refractivity contribution in [2.45, 2.75) is 33.2 Å². The van der Waals surface area contributed by atoms with E-state index in [4.69, 9.17) is 9.47 Å². The Hall–Kier alpha value is -3.66. The van der Waals surface area contributed by atoms with E-state index in [9.17, 15) is 9.59 Å². The summed E-state index contributed by atoms with van der Waals surface area (Å²) in [5.74, 6) is 0.968. The zero-order chi connectivity index (χ0) is 24.5. The molecule has 0 saturated heterocycles. The molecule has 2 atom stereocenters. The fourth-order valence-corrected chi connectivity index (χ4v) is 3.88. The quantitative estimate of drug-likeness (QED) is 0.382. The van der Waals surface area contributed by atoms with Crippen LogP contribution in [0.2, 0.25) is 0 Å². The average Bonchev–Trinajstić information content (AvgIpc) is 3.32. The number of carbonyl (C=O) groups is 2.